The van der Waals surface area contributed by atoms with E-state index >= 15 is 0 Å². The summed E-state index contributed by atoms with van der Waals surface area (Å²) in [7, 11) is 0. The van der Waals surface area contributed by atoms with Gasteiger partial charge in [-0.1, -0.05) is 150 Å². The molecule has 3 aromatic rings. The summed E-state index contributed by atoms with van der Waals surface area (Å²) < 4.78 is 0. The van der Waals surface area contributed by atoms with Crippen molar-refractivity contribution in [3.63, 3.8) is 0 Å². The number of hydrogen-bond donors (Lipinski definition) is 0. The number of ketones is 6. The highest BCUT2D eigenvalue weighted by atomic mass is 16.1. The molecular formula is C42H54O6. The van der Waals surface area contributed by atoms with E-state index in [4.69, 9.17) is 0 Å². The van der Waals surface area contributed by atoms with Crippen LogP contribution in [0.25, 0.3) is 0 Å². The summed E-state index contributed by atoms with van der Waals surface area (Å²) in [6.45, 7) is 22.3. The van der Waals surface area contributed by atoms with Gasteiger partial charge in [-0.25, -0.2) is 0 Å². The molecule has 0 atom stereocenters. The smallest absolute Gasteiger partial charge is 0.166 e. The van der Waals surface area contributed by atoms with Crippen LogP contribution in [0.15, 0.2) is 72.8 Å². The van der Waals surface area contributed by atoms with E-state index in [2.05, 4.69) is 0 Å². The Labute approximate surface area is 287 Å². The van der Waals surface area contributed by atoms with Crippen molar-refractivity contribution in [3.05, 3.63) is 106 Å². The molecule has 3 rings (SSSR count). The van der Waals surface area contributed by atoms with E-state index in [1.54, 1.807) is 72.8 Å². The molecule has 0 heterocycles. The highest BCUT2D eigenvalue weighted by molar-refractivity contribution is 6.10. The van der Waals surface area contributed by atoms with Crippen molar-refractivity contribution in [2.45, 2.75) is 83.1 Å². The maximum Gasteiger partial charge on any atom is 0.166 e. The third-order valence-corrected chi connectivity index (χ3v) is 7.49. The van der Waals surface area contributed by atoms with Gasteiger partial charge in [0.2, 0.25) is 0 Å². The average Bonchev–Trinajstić information content (AvgIpc) is 3.06. The van der Waals surface area contributed by atoms with Gasteiger partial charge in [-0.2, -0.15) is 0 Å². The van der Waals surface area contributed by atoms with E-state index in [9.17, 15) is 28.8 Å². The largest absolute Gasteiger partial charge is 0.294 e. The first-order valence-corrected chi connectivity index (χ1v) is 16.9. The van der Waals surface area contributed by atoms with Crippen molar-refractivity contribution in [2.24, 2.45) is 35.5 Å². The highest BCUT2D eigenvalue weighted by Gasteiger charge is 2.20. The molecular weight excluding hydrogens is 600 g/mol. The Balaban J connectivity index is 0.000000360. The normalized spacial score (nSPS) is 10.9. The second kappa shape index (κ2) is 19.5. The van der Waals surface area contributed by atoms with E-state index in [0.29, 0.717) is 33.4 Å². The Morgan fingerprint density at radius 1 is 0.312 bits per heavy atom. The fourth-order valence-electron chi connectivity index (χ4n) is 4.49. The lowest BCUT2D eigenvalue weighted by Gasteiger charge is -2.11. The molecule has 0 fully saturated rings. The van der Waals surface area contributed by atoms with Crippen LogP contribution in [0, 0.1) is 35.5 Å². The summed E-state index contributed by atoms with van der Waals surface area (Å²) in [6, 6.07) is 21.0. The van der Waals surface area contributed by atoms with Crippen LogP contribution in [0.5, 0.6) is 0 Å². The zero-order valence-electron chi connectivity index (χ0n) is 30.8. The van der Waals surface area contributed by atoms with E-state index in [0.717, 1.165) is 0 Å². The first-order valence-electron chi connectivity index (χ1n) is 16.9. The highest BCUT2D eigenvalue weighted by Crippen LogP contribution is 2.18. The number of carbonyl (C=O) groups is 6. The van der Waals surface area contributed by atoms with Crippen LogP contribution in [0.1, 0.15) is 145 Å². The SMILES string of the molecule is CC(C)C(=O)c1ccc(C(=O)C(C)C)cc1.CC(C)C(=O)c1cccc(C(=O)C(C)C)c1.CC(C)C(=O)c1ccccc1C(=O)C(C)C. The van der Waals surface area contributed by atoms with E-state index in [-0.39, 0.29) is 70.2 Å². The summed E-state index contributed by atoms with van der Waals surface area (Å²) in [4.78, 5) is 70.8. The van der Waals surface area contributed by atoms with Crippen LogP contribution in [0.3, 0.4) is 0 Å². The Morgan fingerprint density at radius 3 is 0.812 bits per heavy atom. The fraction of sp³-hybridized carbons (Fsp3) is 0.429. The van der Waals surface area contributed by atoms with Gasteiger partial charge in [-0.3, -0.25) is 28.8 Å². The molecule has 0 bridgehead atoms. The third-order valence-electron chi connectivity index (χ3n) is 7.49. The molecule has 258 valence electrons. The number of benzene rings is 3. The molecule has 0 aromatic heterocycles. The van der Waals surface area contributed by atoms with E-state index in [1.807, 2.05) is 83.1 Å². The Hall–Kier alpha value is -4.32. The third kappa shape index (κ3) is 12.4. The molecule has 48 heavy (non-hydrogen) atoms. The van der Waals surface area contributed by atoms with Gasteiger partial charge < -0.3 is 0 Å². The van der Waals surface area contributed by atoms with Crippen molar-refractivity contribution >= 4 is 34.7 Å². The summed E-state index contributed by atoms with van der Waals surface area (Å²) in [5.41, 5.74) is 3.71. The van der Waals surface area contributed by atoms with Crippen molar-refractivity contribution in [3.8, 4) is 0 Å². The van der Waals surface area contributed by atoms with Gasteiger partial charge in [0.25, 0.3) is 0 Å². The van der Waals surface area contributed by atoms with Crippen molar-refractivity contribution < 1.29 is 28.8 Å². The molecule has 3 aromatic carbocycles. The van der Waals surface area contributed by atoms with Gasteiger partial charge in [0.05, 0.1) is 0 Å². The minimum absolute atomic E-state index is 0.00773. The average molecular weight is 655 g/mol. The second-order valence-corrected chi connectivity index (χ2v) is 13.8. The topological polar surface area (TPSA) is 102 Å². The lowest BCUT2D eigenvalue weighted by atomic mass is 9.91. The van der Waals surface area contributed by atoms with Crippen LogP contribution in [0.2, 0.25) is 0 Å². The van der Waals surface area contributed by atoms with E-state index < -0.39 is 0 Å². The molecule has 6 heteroatoms. The molecule has 0 aliphatic heterocycles. The second-order valence-electron chi connectivity index (χ2n) is 13.8. The minimum Gasteiger partial charge on any atom is -0.294 e. The Bertz CT molecular complexity index is 1460. The predicted molar refractivity (Wildman–Crippen MR) is 194 cm³/mol. The fourth-order valence-corrected chi connectivity index (χ4v) is 4.49. The lowest BCUT2D eigenvalue weighted by Crippen LogP contribution is -2.16. The number of Topliss-reactive ketones (excluding diaryl/α,β-unsaturated/α-hetero) is 6. The molecule has 0 aliphatic carbocycles. The van der Waals surface area contributed by atoms with Crippen molar-refractivity contribution in [2.75, 3.05) is 0 Å². The molecule has 6 nitrogen and oxygen atoms in total. The first kappa shape index (κ1) is 41.7. The monoisotopic (exact) mass is 654 g/mol. The standard InChI is InChI=1S/3C14H18O2/c1-9(2)13(15)11-5-7-12(8-6-11)14(16)10(3)4;1-9(2)13(15)11-6-5-7-12(8-11)14(16)10(3)4;1-9(2)13(15)11-7-5-6-8-12(11)14(16)10(3)4/h3*5-10H,1-4H3. The zero-order valence-corrected chi connectivity index (χ0v) is 30.8. The van der Waals surface area contributed by atoms with Gasteiger partial charge >= 0.3 is 0 Å². The van der Waals surface area contributed by atoms with Crippen molar-refractivity contribution in [1.29, 1.82) is 0 Å². The molecule has 0 saturated heterocycles. The summed E-state index contributed by atoms with van der Waals surface area (Å²) in [6.07, 6.45) is 0. The number of hydrogen-bond acceptors (Lipinski definition) is 6. The zero-order chi connectivity index (χ0) is 36.9. The summed E-state index contributed by atoms with van der Waals surface area (Å²) in [5, 5.41) is 0. The van der Waals surface area contributed by atoms with Gasteiger partial charge in [-0.15, -0.1) is 0 Å². The van der Waals surface area contributed by atoms with Gasteiger partial charge in [0.1, 0.15) is 0 Å². The van der Waals surface area contributed by atoms with Crippen LogP contribution >= 0.6 is 0 Å². The molecule has 0 saturated carbocycles. The number of carbonyl (C=O) groups excluding carboxylic acids is 6. The van der Waals surface area contributed by atoms with Gasteiger partial charge in [0.15, 0.2) is 34.7 Å². The quantitative estimate of drug-likeness (QED) is 0.180. The van der Waals surface area contributed by atoms with Crippen LogP contribution in [-0.2, 0) is 0 Å². The molecule has 0 amide bonds. The van der Waals surface area contributed by atoms with Crippen LogP contribution < -0.4 is 0 Å². The molecule has 0 unspecified atom stereocenters. The lowest BCUT2D eigenvalue weighted by molar-refractivity contribution is 0.0905. The minimum atomic E-state index is -0.0823. The number of rotatable bonds is 12. The van der Waals surface area contributed by atoms with Gasteiger partial charge in [-0.05, 0) is 6.07 Å². The maximum absolute atomic E-state index is 11.9. The molecule has 0 aliphatic rings. The summed E-state index contributed by atoms with van der Waals surface area (Å²) >= 11 is 0. The Morgan fingerprint density at radius 2 is 0.562 bits per heavy atom. The Kier molecular flexibility index (Phi) is 16.9. The maximum atomic E-state index is 11.9. The predicted octanol–water partition coefficient (Wildman–Crippen LogP) is 10.1. The summed E-state index contributed by atoms with van der Waals surface area (Å²) in [5.74, 6) is 0.201. The van der Waals surface area contributed by atoms with Gasteiger partial charge in [0, 0.05) is 68.9 Å². The molecule has 0 spiro atoms. The van der Waals surface area contributed by atoms with Crippen LogP contribution in [-0.4, -0.2) is 34.7 Å². The first-order chi connectivity index (χ1) is 22.3. The molecule has 0 N–H and O–H groups in total. The van der Waals surface area contributed by atoms with E-state index in [1.165, 1.54) is 0 Å². The van der Waals surface area contributed by atoms with Crippen LogP contribution in [0.4, 0.5) is 0 Å². The van der Waals surface area contributed by atoms with Crippen molar-refractivity contribution in [1.82, 2.24) is 0 Å². The molecule has 0 radical (unpaired) electrons.